The van der Waals surface area contributed by atoms with Crippen LogP contribution in [0.15, 0.2) is 17.4 Å². The maximum absolute atomic E-state index is 12.8. The first-order valence-corrected chi connectivity index (χ1v) is 8.00. The Morgan fingerprint density at radius 1 is 1.31 bits per heavy atom. The maximum Gasteiger partial charge on any atom is 0.410 e. The first-order valence-electron chi connectivity index (χ1n) is 8.00. The molecule has 1 aromatic heterocycles. The molecular formula is C15H25F2IN6O2. The van der Waals surface area contributed by atoms with E-state index in [2.05, 4.69) is 9.98 Å². The van der Waals surface area contributed by atoms with E-state index in [1.807, 2.05) is 20.8 Å². The monoisotopic (exact) mass is 486 g/mol. The van der Waals surface area contributed by atoms with Crippen LogP contribution in [0.1, 0.15) is 33.1 Å². The van der Waals surface area contributed by atoms with Gasteiger partial charge in [0.15, 0.2) is 5.96 Å². The Morgan fingerprint density at radius 3 is 2.42 bits per heavy atom. The number of carbonyl (C=O) groups is 1. The molecule has 2 N–H and O–H groups in total. The highest BCUT2D eigenvalue weighted by Crippen LogP contribution is 2.14. The summed E-state index contributed by atoms with van der Waals surface area (Å²) in [6.45, 7) is 4.66. The minimum Gasteiger partial charge on any atom is -0.444 e. The molecule has 0 atom stereocenters. The van der Waals surface area contributed by atoms with Gasteiger partial charge in [0, 0.05) is 38.6 Å². The highest BCUT2D eigenvalue weighted by molar-refractivity contribution is 14.0. The molecule has 2 rings (SSSR count). The Kier molecular flexibility index (Phi) is 8.03. The van der Waals surface area contributed by atoms with Crippen LogP contribution in [0.4, 0.5) is 13.6 Å². The highest BCUT2D eigenvalue weighted by Gasteiger charge is 2.26. The van der Waals surface area contributed by atoms with Gasteiger partial charge >= 0.3 is 12.6 Å². The quantitative estimate of drug-likeness (QED) is 0.403. The zero-order valence-corrected chi connectivity index (χ0v) is 17.4. The number of nitrogens with zero attached hydrogens (tertiary/aromatic N) is 5. The predicted octanol–water partition coefficient (Wildman–Crippen LogP) is 2.26. The Morgan fingerprint density at radius 2 is 1.88 bits per heavy atom. The van der Waals surface area contributed by atoms with Crippen molar-refractivity contribution in [3.05, 3.63) is 18.2 Å². The number of alkyl halides is 2. The standard InChI is InChI=1S/C15H24F2N6O2.HI/c1-15(2,3)25-14(24)22-8-6-21(7-9-22)13(18)20-10-11-19-4-5-23(11)12(16)17;/h4-5,12H,6-10H2,1-3H3,(H2,18,20);1H. The fourth-order valence-electron chi connectivity index (χ4n) is 2.34. The first-order chi connectivity index (χ1) is 11.7. The van der Waals surface area contributed by atoms with E-state index in [-0.39, 0.29) is 48.4 Å². The zero-order valence-electron chi connectivity index (χ0n) is 15.1. The second-order valence-electron chi connectivity index (χ2n) is 6.66. The number of aliphatic imine (C=N–C) groups is 1. The molecule has 1 amide bonds. The van der Waals surface area contributed by atoms with Crippen molar-refractivity contribution in [1.29, 1.82) is 0 Å². The minimum absolute atomic E-state index is 0. The van der Waals surface area contributed by atoms with Crippen molar-refractivity contribution in [1.82, 2.24) is 19.4 Å². The summed E-state index contributed by atoms with van der Waals surface area (Å²) in [5.74, 6) is 0.387. The van der Waals surface area contributed by atoms with Gasteiger partial charge < -0.3 is 20.3 Å². The Hall–Kier alpha value is -1.66. The number of carbonyl (C=O) groups excluding carboxylic acids is 1. The second kappa shape index (κ2) is 9.33. The molecule has 148 valence electrons. The lowest BCUT2D eigenvalue weighted by Crippen LogP contribution is -2.53. The van der Waals surface area contributed by atoms with Crippen LogP contribution in [0.5, 0.6) is 0 Å². The van der Waals surface area contributed by atoms with E-state index >= 15 is 0 Å². The fourth-order valence-corrected chi connectivity index (χ4v) is 2.34. The summed E-state index contributed by atoms with van der Waals surface area (Å²) in [6.07, 6.45) is 2.14. The third-order valence-corrected chi connectivity index (χ3v) is 3.60. The number of amides is 1. The van der Waals surface area contributed by atoms with E-state index in [4.69, 9.17) is 10.5 Å². The molecule has 1 aliphatic heterocycles. The van der Waals surface area contributed by atoms with Crippen LogP contribution in [0.25, 0.3) is 0 Å². The molecule has 0 aromatic carbocycles. The second-order valence-corrected chi connectivity index (χ2v) is 6.66. The van der Waals surface area contributed by atoms with Crippen LogP contribution in [0, 0.1) is 0 Å². The van der Waals surface area contributed by atoms with E-state index in [1.165, 1.54) is 12.4 Å². The van der Waals surface area contributed by atoms with Crippen molar-refractivity contribution in [2.75, 3.05) is 26.2 Å². The van der Waals surface area contributed by atoms with Crippen molar-refractivity contribution < 1.29 is 18.3 Å². The average Bonchev–Trinajstić information content (AvgIpc) is 3.00. The molecule has 8 nitrogen and oxygen atoms in total. The molecular weight excluding hydrogens is 461 g/mol. The summed E-state index contributed by atoms with van der Waals surface area (Å²) < 4.78 is 31.6. The number of imidazole rings is 1. The number of halogens is 3. The minimum atomic E-state index is -2.66. The number of aromatic nitrogens is 2. The van der Waals surface area contributed by atoms with E-state index in [0.717, 1.165) is 4.57 Å². The number of hydrogen-bond donors (Lipinski definition) is 1. The molecule has 1 fully saturated rings. The molecule has 0 saturated carbocycles. The number of piperazine rings is 1. The van der Waals surface area contributed by atoms with Crippen molar-refractivity contribution >= 4 is 36.0 Å². The number of rotatable bonds is 3. The summed E-state index contributed by atoms with van der Waals surface area (Å²) in [7, 11) is 0. The summed E-state index contributed by atoms with van der Waals surface area (Å²) in [5.41, 5.74) is 5.39. The van der Waals surface area contributed by atoms with Crippen LogP contribution in [-0.4, -0.2) is 63.2 Å². The SMILES string of the molecule is CC(C)(C)OC(=O)N1CCN(C(N)=NCc2nccn2C(F)F)CC1.I. The third kappa shape index (κ3) is 6.25. The summed E-state index contributed by atoms with van der Waals surface area (Å²) in [4.78, 5) is 23.4. The van der Waals surface area contributed by atoms with Gasteiger partial charge in [0.2, 0.25) is 0 Å². The molecule has 0 radical (unpaired) electrons. The lowest BCUT2D eigenvalue weighted by molar-refractivity contribution is 0.0186. The van der Waals surface area contributed by atoms with E-state index in [0.29, 0.717) is 26.2 Å². The first kappa shape index (κ1) is 22.4. The van der Waals surface area contributed by atoms with Gasteiger partial charge in [-0.05, 0) is 20.8 Å². The van der Waals surface area contributed by atoms with Crippen molar-refractivity contribution in [2.45, 2.75) is 39.5 Å². The van der Waals surface area contributed by atoms with Crippen LogP contribution in [0.2, 0.25) is 0 Å². The Balaban J connectivity index is 0.00000338. The summed E-state index contributed by atoms with van der Waals surface area (Å²) in [6, 6.07) is 0. The fraction of sp³-hybridized carbons (Fsp3) is 0.667. The molecule has 11 heteroatoms. The van der Waals surface area contributed by atoms with Gasteiger partial charge in [-0.2, -0.15) is 8.78 Å². The van der Waals surface area contributed by atoms with Gasteiger partial charge in [0.05, 0.1) is 0 Å². The lowest BCUT2D eigenvalue weighted by Gasteiger charge is -2.36. The van der Waals surface area contributed by atoms with Crippen molar-refractivity contribution in [3.63, 3.8) is 0 Å². The maximum atomic E-state index is 12.8. The van der Waals surface area contributed by atoms with Gasteiger partial charge in [-0.3, -0.25) is 4.57 Å². The van der Waals surface area contributed by atoms with Crippen LogP contribution in [0.3, 0.4) is 0 Å². The van der Waals surface area contributed by atoms with Gasteiger partial charge in [-0.1, -0.05) is 0 Å². The number of ether oxygens (including phenoxy) is 1. The van der Waals surface area contributed by atoms with E-state index in [1.54, 1.807) is 9.80 Å². The van der Waals surface area contributed by atoms with E-state index in [9.17, 15) is 13.6 Å². The largest absolute Gasteiger partial charge is 0.444 e. The predicted molar refractivity (Wildman–Crippen MR) is 104 cm³/mol. The molecule has 1 saturated heterocycles. The average molecular weight is 486 g/mol. The Bertz CT molecular complexity index is 624. The Labute approximate surface area is 168 Å². The van der Waals surface area contributed by atoms with Crippen LogP contribution in [-0.2, 0) is 11.3 Å². The van der Waals surface area contributed by atoms with Gasteiger partial charge in [0.1, 0.15) is 18.0 Å². The molecule has 26 heavy (non-hydrogen) atoms. The van der Waals surface area contributed by atoms with Crippen LogP contribution >= 0.6 is 24.0 Å². The number of nitrogens with two attached hydrogens (primary N) is 1. The number of guanidine groups is 1. The van der Waals surface area contributed by atoms with Crippen molar-refractivity contribution in [3.8, 4) is 0 Å². The van der Waals surface area contributed by atoms with Gasteiger partial charge in [0.25, 0.3) is 0 Å². The molecule has 1 aromatic rings. The molecule has 0 spiro atoms. The third-order valence-electron chi connectivity index (χ3n) is 3.60. The van der Waals surface area contributed by atoms with Gasteiger partial charge in [-0.15, -0.1) is 24.0 Å². The number of hydrogen-bond acceptors (Lipinski definition) is 4. The molecule has 0 unspecified atom stereocenters. The van der Waals surface area contributed by atoms with E-state index < -0.39 is 12.2 Å². The smallest absolute Gasteiger partial charge is 0.410 e. The highest BCUT2D eigenvalue weighted by atomic mass is 127. The van der Waals surface area contributed by atoms with Crippen LogP contribution < -0.4 is 5.73 Å². The summed E-state index contributed by atoms with van der Waals surface area (Å²) >= 11 is 0. The zero-order chi connectivity index (χ0) is 18.6. The lowest BCUT2D eigenvalue weighted by atomic mass is 10.2. The molecule has 0 aliphatic carbocycles. The molecule has 1 aliphatic rings. The topological polar surface area (TPSA) is 89.0 Å². The molecule has 0 bridgehead atoms. The molecule has 2 heterocycles. The van der Waals surface area contributed by atoms with Gasteiger partial charge in [-0.25, -0.2) is 14.8 Å². The normalized spacial score (nSPS) is 15.8. The summed E-state index contributed by atoms with van der Waals surface area (Å²) in [5, 5.41) is 0. The van der Waals surface area contributed by atoms with Crippen molar-refractivity contribution in [2.24, 2.45) is 10.7 Å².